The van der Waals surface area contributed by atoms with Crippen molar-refractivity contribution < 1.29 is 103 Å². The van der Waals surface area contributed by atoms with Crippen molar-refractivity contribution in [2.45, 2.75) is 73.4 Å². The molecule has 0 aromatic carbocycles. The minimum atomic E-state index is -8.27. The number of pyridine rings is 1. The van der Waals surface area contributed by atoms with E-state index < -0.39 is 73.4 Å². The van der Waals surface area contributed by atoms with Crippen molar-refractivity contribution in [3.63, 3.8) is 0 Å². The van der Waals surface area contributed by atoms with Crippen molar-refractivity contribution in [2.75, 3.05) is 0 Å². The van der Waals surface area contributed by atoms with Gasteiger partial charge in [0.15, 0.2) is 18.9 Å². The maximum Gasteiger partial charge on any atom is 0.460 e. The lowest BCUT2D eigenvalue weighted by molar-refractivity contribution is -0.699. The zero-order valence-corrected chi connectivity index (χ0v) is 19.1. The standard InChI is InChI=1S/C17H13F17N.HI/c18-10(19,4-7-35-5-2-1-3-6-35)8-11(20,21)9-12(22,23)13(24,25)14(26,27)15(28,29)16(30,31)17(32,33)34;/h1-3,5-6H,4,7-9H2;1H/q+1;/p-1. The predicted octanol–water partition coefficient (Wildman–Crippen LogP) is 4.16. The van der Waals surface area contributed by atoms with E-state index in [0.29, 0.717) is 0 Å². The molecule has 0 saturated heterocycles. The molecule has 1 rings (SSSR count). The first-order chi connectivity index (χ1) is 15.2. The Morgan fingerprint density at radius 3 is 1.31 bits per heavy atom. The fraction of sp³-hybridized carbons (Fsp3) is 0.706. The van der Waals surface area contributed by atoms with Crippen molar-refractivity contribution in [3.8, 4) is 0 Å². The minimum Gasteiger partial charge on any atom is -1.00 e. The normalized spacial score (nSPS) is 15.0. The van der Waals surface area contributed by atoms with Crippen LogP contribution in [0, 0.1) is 0 Å². The van der Waals surface area contributed by atoms with E-state index in [4.69, 9.17) is 0 Å². The molecule has 19 heteroatoms. The Morgan fingerprint density at radius 2 is 0.889 bits per heavy atom. The Hall–Kier alpha value is -1.31. The molecule has 0 saturated carbocycles. The molecule has 0 N–H and O–H groups in total. The third-order valence-corrected chi connectivity index (χ3v) is 4.51. The van der Waals surface area contributed by atoms with Crippen LogP contribution in [0.2, 0.25) is 0 Å². The van der Waals surface area contributed by atoms with Crippen molar-refractivity contribution in [1.29, 1.82) is 0 Å². The monoisotopic (exact) mass is 681 g/mol. The first-order valence-corrected chi connectivity index (χ1v) is 8.90. The van der Waals surface area contributed by atoms with Crippen LogP contribution in [-0.4, -0.2) is 47.6 Å². The summed E-state index contributed by atoms with van der Waals surface area (Å²) in [6.07, 6.45) is -13.9. The Kier molecular flexibility index (Phi) is 10.1. The second-order valence-electron chi connectivity index (χ2n) is 7.43. The second kappa shape index (κ2) is 10.5. The number of aromatic nitrogens is 1. The number of nitrogens with zero attached hydrogens (tertiary/aromatic N) is 1. The minimum absolute atomic E-state index is 0. The molecule has 0 bridgehead atoms. The molecular weight excluding hydrogens is 668 g/mol. The van der Waals surface area contributed by atoms with Gasteiger partial charge in [-0.2, -0.15) is 57.1 Å². The van der Waals surface area contributed by atoms with Crippen LogP contribution in [0.5, 0.6) is 0 Å². The van der Waals surface area contributed by atoms with E-state index in [9.17, 15) is 74.6 Å². The summed E-state index contributed by atoms with van der Waals surface area (Å²) >= 11 is 0. The van der Waals surface area contributed by atoms with E-state index in [0.717, 1.165) is 17.0 Å². The number of hydrogen-bond donors (Lipinski definition) is 0. The van der Waals surface area contributed by atoms with Crippen molar-refractivity contribution >= 4 is 0 Å². The third kappa shape index (κ3) is 6.76. The van der Waals surface area contributed by atoms with Crippen LogP contribution in [0.25, 0.3) is 0 Å². The van der Waals surface area contributed by atoms with Gasteiger partial charge in [0.1, 0.15) is 0 Å². The molecule has 1 aromatic heterocycles. The molecule has 1 nitrogen and oxygen atoms in total. The van der Waals surface area contributed by atoms with E-state index in [1.54, 1.807) is 0 Å². The van der Waals surface area contributed by atoms with Gasteiger partial charge in [-0.3, -0.25) is 0 Å². The van der Waals surface area contributed by atoms with E-state index in [1.807, 2.05) is 0 Å². The summed E-state index contributed by atoms with van der Waals surface area (Å²) in [6, 6.07) is 4.01. The summed E-state index contributed by atoms with van der Waals surface area (Å²) in [5.74, 6) is -50.0. The lowest BCUT2D eigenvalue weighted by Crippen LogP contribution is -3.00. The summed E-state index contributed by atoms with van der Waals surface area (Å²) in [5.41, 5.74) is 0. The molecule has 0 aliphatic rings. The molecule has 0 radical (unpaired) electrons. The molecular formula is C17H13F17IN. The summed E-state index contributed by atoms with van der Waals surface area (Å²) in [7, 11) is 0. The van der Waals surface area contributed by atoms with Crippen molar-refractivity contribution in [2.24, 2.45) is 0 Å². The molecule has 1 heterocycles. The highest BCUT2D eigenvalue weighted by Crippen LogP contribution is 2.61. The molecule has 212 valence electrons. The Labute approximate surface area is 207 Å². The molecule has 0 amide bonds. The van der Waals surface area contributed by atoms with Crippen LogP contribution < -0.4 is 28.5 Å². The van der Waals surface area contributed by atoms with Gasteiger partial charge >= 0.3 is 35.8 Å². The number of hydrogen-bond acceptors (Lipinski definition) is 0. The fourth-order valence-corrected chi connectivity index (χ4v) is 2.64. The molecule has 36 heavy (non-hydrogen) atoms. The lowest BCUT2D eigenvalue weighted by atomic mass is 9.90. The van der Waals surface area contributed by atoms with Crippen molar-refractivity contribution in [3.05, 3.63) is 30.6 Å². The maximum atomic E-state index is 13.8. The van der Waals surface area contributed by atoms with E-state index in [1.165, 1.54) is 18.2 Å². The smallest absolute Gasteiger partial charge is 0.460 e. The third-order valence-electron chi connectivity index (χ3n) is 4.51. The van der Waals surface area contributed by atoms with Crippen molar-refractivity contribution in [1.82, 2.24) is 0 Å². The van der Waals surface area contributed by atoms with Gasteiger partial charge in [0.2, 0.25) is 0 Å². The average Bonchev–Trinajstić information content (AvgIpc) is 2.64. The Morgan fingerprint density at radius 1 is 0.472 bits per heavy atom. The van der Waals surface area contributed by atoms with E-state index in [2.05, 4.69) is 0 Å². The topological polar surface area (TPSA) is 3.88 Å². The van der Waals surface area contributed by atoms with Gasteiger partial charge in [-0.05, 0) is 0 Å². The van der Waals surface area contributed by atoms with Gasteiger partial charge in [-0.25, -0.2) is 22.1 Å². The molecule has 0 fully saturated rings. The zero-order chi connectivity index (χ0) is 27.9. The van der Waals surface area contributed by atoms with Gasteiger partial charge in [0.25, 0.3) is 11.8 Å². The summed E-state index contributed by atoms with van der Waals surface area (Å²) < 4.78 is 225. The van der Waals surface area contributed by atoms with Crippen LogP contribution in [0.1, 0.15) is 19.3 Å². The zero-order valence-electron chi connectivity index (χ0n) is 17.0. The maximum absolute atomic E-state index is 13.8. The van der Waals surface area contributed by atoms with Crippen LogP contribution in [-0.2, 0) is 6.54 Å². The summed E-state index contributed by atoms with van der Waals surface area (Å²) in [6.45, 7) is -0.743. The molecule has 0 unspecified atom stereocenters. The Bertz CT molecular complexity index is 850. The SMILES string of the molecule is FC(F)(CC[n+]1ccccc1)CC(F)(F)CC(F)(F)C(F)(F)C(F)(F)C(F)(F)C(F)(F)C(F)(F)F.[I-]. The molecule has 1 aromatic rings. The predicted molar refractivity (Wildman–Crippen MR) is 81.2 cm³/mol. The van der Waals surface area contributed by atoms with Gasteiger partial charge in [0, 0.05) is 12.1 Å². The van der Waals surface area contributed by atoms with Gasteiger partial charge in [-0.15, -0.1) is 0 Å². The number of rotatable bonds is 11. The Balaban J connectivity index is 0.0000122. The lowest BCUT2D eigenvalue weighted by Gasteiger charge is -2.40. The van der Waals surface area contributed by atoms with Gasteiger partial charge < -0.3 is 24.0 Å². The summed E-state index contributed by atoms with van der Waals surface area (Å²) in [5, 5.41) is 0. The van der Waals surface area contributed by atoms with Gasteiger partial charge in [-0.1, -0.05) is 6.07 Å². The highest BCUT2D eigenvalue weighted by atomic mass is 127. The van der Waals surface area contributed by atoms with Crippen LogP contribution in [0.3, 0.4) is 0 Å². The highest BCUT2D eigenvalue weighted by molar-refractivity contribution is 5.10. The van der Waals surface area contributed by atoms with Crippen LogP contribution in [0.4, 0.5) is 74.6 Å². The highest BCUT2D eigenvalue weighted by Gasteiger charge is 2.91. The number of halogens is 18. The second-order valence-corrected chi connectivity index (χ2v) is 7.43. The molecule has 0 aliphatic heterocycles. The largest absolute Gasteiger partial charge is 1.00 e. The number of alkyl halides is 17. The average molecular weight is 681 g/mol. The molecule has 0 atom stereocenters. The first kappa shape index (κ1) is 34.7. The molecule has 0 spiro atoms. The number of aryl methyl sites for hydroxylation is 1. The first-order valence-electron chi connectivity index (χ1n) is 8.90. The molecule has 0 aliphatic carbocycles. The fourth-order valence-electron chi connectivity index (χ4n) is 2.64. The van der Waals surface area contributed by atoms with Crippen LogP contribution >= 0.6 is 0 Å². The summed E-state index contributed by atoms with van der Waals surface area (Å²) in [4.78, 5) is 0. The van der Waals surface area contributed by atoms with E-state index in [-0.39, 0.29) is 24.0 Å². The van der Waals surface area contributed by atoms with Gasteiger partial charge in [0.05, 0.1) is 19.3 Å². The van der Waals surface area contributed by atoms with E-state index >= 15 is 0 Å². The van der Waals surface area contributed by atoms with Crippen LogP contribution in [0.15, 0.2) is 30.6 Å². The quantitative estimate of drug-likeness (QED) is 0.188.